The second-order valence-corrected chi connectivity index (χ2v) is 7.93. The minimum atomic E-state index is -0.288. The lowest BCUT2D eigenvalue weighted by atomic mass is 10.2. The Morgan fingerprint density at radius 3 is 2.34 bits per heavy atom. The number of hydrogen-bond acceptors (Lipinski definition) is 5. The molecule has 2 aromatic rings. The zero-order valence-corrected chi connectivity index (χ0v) is 17.5. The Morgan fingerprint density at radius 1 is 1.00 bits per heavy atom. The summed E-state index contributed by atoms with van der Waals surface area (Å²) in [6.45, 7) is 9.93. The number of aromatic nitrogens is 3. The lowest BCUT2D eigenvalue weighted by molar-refractivity contribution is 0.0766. The first-order valence-electron chi connectivity index (χ1n) is 10.1. The summed E-state index contributed by atoms with van der Waals surface area (Å²) in [5.74, 6) is 0.582. The van der Waals surface area contributed by atoms with Crippen LogP contribution in [0.25, 0.3) is 0 Å². The first kappa shape index (κ1) is 20.8. The summed E-state index contributed by atoms with van der Waals surface area (Å²) < 4.78 is 2.97. The molecule has 2 aromatic heterocycles. The van der Waals surface area contributed by atoms with Crippen molar-refractivity contribution < 1.29 is 4.79 Å². The number of carbonyl (C=O) groups excluding carboxylic acids is 1. The summed E-state index contributed by atoms with van der Waals surface area (Å²) in [4.78, 5) is 46.3. The van der Waals surface area contributed by atoms with Crippen molar-refractivity contribution in [2.45, 2.75) is 46.2 Å². The normalized spacial score (nSPS) is 15.1. The molecule has 29 heavy (non-hydrogen) atoms. The Kier molecular flexibility index (Phi) is 6.20. The highest BCUT2D eigenvalue weighted by molar-refractivity contribution is 5.93. The fourth-order valence-corrected chi connectivity index (χ4v) is 3.78. The molecule has 1 fully saturated rings. The van der Waals surface area contributed by atoms with Crippen LogP contribution in [0.4, 0.5) is 5.82 Å². The van der Waals surface area contributed by atoms with Crippen LogP contribution in [0, 0.1) is 0 Å². The quantitative estimate of drug-likeness (QED) is 0.785. The second-order valence-electron chi connectivity index (χ2n) is 7.93. The maximum absolute atomic E-state index is 13.0. The van der Waals surface area contributed by atoms with Gasteiger partial charge in [-0.2, -0.15) is 0 Å². The van der Waals surface area contributed by atoms with Gasteiger partial charge in [-0.3, -0.25) is 23.7 Å². The maximum Gasteiger partial charge on any atom is 0.333 e. The zero-order valence-electron chi connectivity index (χ0n) is 17.5. The molecule has 3 heterocycles. The van der Waals surface area contributed by atoms with E-state index in [9.17, 15) is 14.4 Å². The van der Waals surface area contributed by atoms with Crippen LogP contribution in [0.15, 0.2) is 40.2 Å². The minimum absolute atomic E-state index is 0.0450. The molecule has 1 aliphatic heterocycles. The number of rotatable bonds is 4. The molecule has 1 saturated heterocycles. The fraction of sp³-hybridized carbons (Fsp3) is 0.524. The highest BCUT2D eigenvalue weighted by atomic mass is 16.2. The number of carbonyl (C=O) groups is 1. The van der Waals surface area contributed by atoms with Crippen molar-refractivity contribution in [3.05, 3.63) is 57.0 Å². The molecule has 0 aliphatic carbocycles. The van der Waals surface area contributed by atoms with Gasteiger partial charge in [0.1, 0.15) is 5.82 Å². The maximum atomic E-state index is 13.0. The van der Waals surface area contributed by atoms with E-state index in [4.69, 9.17) is 0 Å². The minimum Gasteiger partial charge on any atom is -0.356 e. The van der Waals surface area contributed by atoms with Crippen LogP contribution >= 0.6 is 0 Å². The van der Waals surface area contributed by atoms with Crippen molar-refractivity contribution in [3.8, 4) is 0 Å². The average Bonchev–Trinajstić information content (AvgIpc) is 2.93. The van der Waals surface area contributed by atoms with E-state index in [1.807, 2.05) is 37.5 Å². The van der Waals surface area contributed by atoms with Crippen molar-refractivity contribution in [1.29, 1.82) is 0 Å². The smallest absolute Gasteiger partial charge is 0.333 e. The molecule has 8 heteroatoms. The largest absolute Gasteiger partial charge is 0.356 e. The van der Waals surface area contributed by atoms with E-state index in [-0.39, 0.29) is 29.2 Å². The van der Waals surface area contributed by atoms with Crippen molar-refractivity contribution in [3.63, 3.8) is 0 Å². The van der Waals surface area contributed by atoms with Gasteiger partial charge in [0.15, 0.2) is 0 Å². The molecule has 156 valence electrons. The molecular weight excluding hydrogens is 370 g/mol. The van der Waals surface area contributed by atoms with Gasteiger partial charge in [0, 0.05) is 56.7 Å². The highest BCUT2D eigenvalue weighted by Gasteiger charge is 2.24. The van der Waals surface area contributed by atoms with E-state index in [1.54, 1.807) is 35.2 Å². The average molecular weight is 399 g/mol. The third-order valence-corrected chi connectivity index (χ3v) is 5.20. The van der Waals surface area contributed by atoms with Gasteiger partial charge < -0.3 is 9.80 Å². The van der Waals surface area contributed by atoms with Gasteiger partial charge in [-0.25, -0.2) is 4.79 Å². The first-order chi connectivity index (χ1) is 13.8. The summed E-state index contributed by atoms with van der Waals surface area (Å²) in [6.07, 6.45) is 3.98. The second kappa shape index (κ2) is 8.63. The summed E-state index contributed by atoms with van der Waals surface area (Å²) >= 11 is 0. The molecule has 0 saturated carbocycles. The summed E-state index contributed by atoms with van der Waals surface area (Å²) in [5, 5.41) is 0. The zero-order chi connectivity index (χ0) is 21.1. The SMILES string of the molecule is CC(C)n1c(N2CCCN(C(=O)c3cccnc3)CC2)cc(=O)n(C(C)C)c1=O. The van der Waals surface area contributed by atoms with Crippen LogP contribution < -0.4 is 16.1 Å². The number of hydrogen-bond donors (Lipinski definition) is 0. The molecule has 0 aromatic carbocycles. The number of amides is 1. The van der Waals surface area contributed by atoms with Crippen LogP contribution in [0.5, 0.6) is 0 Å². The summed E-state index contributed by atoms with van der Waals surface area (Å²) in [5.41, 5.74) is -0.00551. The van der Waals surface area contributed by atoms with E-state index in [0.29, 0.717) is 37.6 Å². The van der Waals surface area contributed by atoms with Crippen molar-refractivity contribution in [2.24, 2.45) is 0 Å². The van der Waals surface area contributed by atoms with Crippen molar-refractivity contribution in [2.75, 3.05) is 31.1 Å². The van der Waals surface area contributed by atoms with E-state index < -0.39 is 0 Å². The lowest BCUT2D eigenvalue weighted by Crippen LogP contribution is -2.45. The lowest BCUT2D eigenvalue weighted by Gasteiger charge is -2.28. The van der Waals surface area contributed by atoms with Crippen LogP contribution in [0.1, 0.15) is 56.6 Å². The summed E-state index contributed by atoms with van der Waals surface area (Å²) in [7, 11) is 0. The number of anilines is 1. The molecule has 0 N–H and O–H groups in total. The Balaban J connectivity index is 1.90. The highest BCUT2D eigenvalue weighted by Crippen LogP contribution is 2.19. The van der Waals surface area contributed by atoms with E-state index in [2.05, 4.69) is 4.98 Å². The van der Waals surface area contributed by atoms with Crippen LogP contribution in [-0.2, 0) is 0 Å². The molecule has 0 spiro atoms. The third kappa shape index (κ3) is 4.26. The van der Waals surface area contributed by atoms with Crippen LogP contribution in [0.3, 0.4) is 0 Å². The standard InChI is InChI=1S/C21H29N5O3/c1-15(2)25-18(13-19(27)26(16(3)4)21(25)29)23-9-6-10-24(12-11-23)20(28)17-7-5-8-22-14-17/h5,7-8,13-16H,6,9-12H2,1-4H3. The molecule has 0 bridgehead atoms. The van der Waals surface area contributed by atoms with Crippen LogP contribution in [0.2, 0.25) is 0 Å². The van der Waals surface area contributed by atoms with E-state index >= 15 is 0 Å². The predicted molar refractivity (Wildman–Crippen MR) is 113 cm³/mol. The Morgan fingerprint density at radius 2 is 1.72 bits per heavy atom. The van der Waals surface area contributed by atoms with Gasteiger partial charge in [-0.1, -0.05) is 0 Å². The van der Waals surface area contributed by atoms with Gasteiger partial charge in [-0.05, 0) is 46.2 Å². The molecule has 0 radical (unpaired) electrons. The summed E-state index contributed by atoms with van der Waals surface area (Å²) in [6, 6.07) is 4.79. The molecule has 0 atom stereocenters. The van der Waals surface area contributed by atoms with Crippen LogP contribution in [-0.4, -0.2) is 51.1 Å². The first-order valence-corrected chi connectivity index (χ1v) is 10.1. The molecular formula is C21H29N5O3. The van der Waals surface area contributed by atoms with Gasteiger partial charge in [0.25, 0.3) is 11.5 Å². The Hall–Kier alpha value is -2.90. The molecule has 1 aliphatic rings. The Bertz CT molecular complexity index is 978. The van der Waals surface area contributed by atoms with Gasteiger partial charge >= 0.3 is 5.69 Å². The fourth-order valence-electron chi connectivity index (χ4n) is 3.78. The number of nitrogens with zero attached hydrogens (tertiary/aromatic N) is 5. The van der Waals surface area contributed by atoms with Gasteiger partial charge in [-0.15, -0.1) is 0 Å². The number of pyridine rings is 1. The van der Waals surface area contributed by atoms with E-state index in [1.165, 1.54) is 4.57 Å². The van der Waals surface area contributed by atoms with E-state index in [0.717, 1.165) is 6.42 Å². The van der Waals surface area contributed by atoms with Gasteiger partial charge in [0.05, 0.1) is 5.56 Å². The molecule has 1 amide bonds. The Labute approximate surface area is 170 Å². The monoisotopic (exact) mass is 399 g/mol. The molecule has 3 rings (SSSR count). The van der Waals surface area contributed by atoms with Gasteiger partial charge in [0.2, 0.25) is 0 Å². The third-order valence-electron chi connectivity index (χ3n) is 5.20. The van der Waals surface area contributed by atoms with Crippen molar-refractivity contribution >= 4 is 11.7 Å². The predicted octanol–water partition coefficient (Wildman–Crippen LogP) is 1.92. The topological polar surface area (TPSA) is 80.4 Å². The molecule has 0 unspecified atom stereocenters. The van der Waals surface area contributed by atoms with Crippen molar-refractivity contribution in [1.82, 2.24) is 19.0 Å². The molecule has 8 nitrogen and oxygen atoms in total.